The molecule has 2 aromatic carbocycles. The van der Waals surface area contributed by atoms with Crippen LogP contribution in [-0.4, -0.2) is 18.4 Å². The van der Waals surface area contributed by atoms with E-state index >= 15 is 0 Å². The van der Waals surface area contributed by atoms with E-state index in [9.17, 15) is 9.59 Å². The van der Waals surface area contributed by atoms with Gasteiger partial charge in [0.05, 0.1) is 0 Å². The summed E-state index contributed by atoms with van der Waals surface area (Å²) in [6, 6.07) is 15.5. The summed E-state index contributed by atoms with van der Waals surface area (Å²) in [5, 5.41) is 2.85. The normalized spacial score (nSPS) is 12.8. The molecule has 1 heterocycles. The van der Waals surface area contributed by atoms with E-state index in [1.54, 1.807) is 4.90 Å². The summed E-state index contributed by atoms with van der Waals surface area (Å²) in [6.07, 6.45) is 1.55. The van der Waals surface area contributed by atoms with E-state index in [1.807, 2.05) is 55.5 Å². The highest BCUT2D eigenvalue weighted by Gasteiger charge is 2.25. The maximum atomic E-state index is 12.4. The summed E-state index contributed by atoms with van der Waals surface area (Å²) in [5.41, 5.74) is 3.95. The largest absolute Gasteiger partial charge is 0.325 e. The summed E-state index contributed by atoms with van der Waals surface area (Å²) in [5.74, 6) is -0.415. The number of aryl methyl sites for hydroxylation is 1. The number of anilines is 2. The molecule has 0 saturated heterocycles. The van der Waals surface area contributed by atoms with Gasteiger partial charge in [0.15, 0.2) is 0 Å². The number of para-hydroxylation sites is 2. The average Bonchev–Trinajstić information content (AvgIpc) is 2.99. The summed E-state index contributed by atoms with van der Waals surface area (Å²) in [4.78, 5) is 26.3. The van der Waals surface area contributed by atoms with Gasteiger partial charge in [0.25, 0.3) is 0 Å². The van der Waals surface area contributed by atoms with E-state index in [-0.39, 0.29) is 18.2 Å². The Morgan fingerprint density at radius 3 is 2.65 bits per heavy atom. The number of benzene rings is 2. The molecule has 1 N–H and O–H groups in total. The smallest absolute Gasteiger partial charge is 0.236 e. The van der Waals surface area contributed by atoms with Gasteiger partial charge >= 0.3 is 0 Å². The van der Waals surface area contributed by atoms with Crippen molar-refractivity contribution in [1.29, 1.82) is 0 Å². The van der Waals surface area contributed by atoms with Gasteiger partial charge in [-0.25, -0.2) is 0 Å². The molecule has 1 aliphatic heterocycles. The number of rotatable bonds is 4. The molecule has 0 saturated carbocycles. The van der Waals surface area contributed by atoms with Gasteiger partial charge in [-0.15, -0.1) is 0 Å². The van der Waals surface area contributed by atoms with E-state index in [1.165, 1.54) is 0 Å². The van der Waals surface area contributed by atoms with Gasteiger partial charge in [-0.1, -0.05) is 43.3 Å². The van der Waals surface area contributed by atoms with E-state index in [2.05, 4.69) is 5.32 Å². The van der Waals surface area contributed by atoms with Crippen molar-refractivity contribution in [3.05, 3.63) is 59.7 Å². The molecule has 0 spiro atoms. The van der Waals surface area contributed by atoms with Crippen LogP contribution in [0.4, 0.5) is 11.4 Å². The standard InChI is InChI=1S/C19H20N2O2/c1-2-14-7-3-5-9-16(14)20-18(22)13-19(23)21-12-11-15-8-4-6-10-17(15)21/h3-10H,2,11-13H2,1H3,(H,20,22). The zero-order valence-electron chi connectivity index (χ0n) is 13.2. The lowest BCUT2D eigenvalue weighted by Gasteiger charge is -2.17. The molecule has 1 aliphatic rings. The highest BCUT2D eigenvalue weighted by molar-refractivity contribution is 6.09. The van der Waals surface area contributed by atoms with Crippen LogP contribution in [0.1, 0.15) is 24.5 Å². The van der Waals surface area contributed by atoms with Crippen LogP contribution >= 0.6 is 0 Å². The predicted octanol–water partition coefficient (Wildman–Crippen LogP) is 3.17. The summed E-state index contributed by atoms with van der Waals surface area (Å²) in [6.45, 7) is 2.69. The lowest BCUT2D eigenvalue weighted by Crippen LogP contribution is -2.32. The number of carbonyl (C=O) groups is 2. The van der Waals surface area contributed by atoms with Gasteiger partial charge in [0.2, 0.25) is 11.8 Å². The van der Waals surface area contributed by atoms with Crippen molar-refractivity contribution in [3.63, 3.8) is 0 Å². The molecule has 2 amide bonds. The third kappa shape index (κ3) is 3.26. The SMILES string of the molecule is CCc1ccccc1NC(=O)CC(=O)N1CCc2ccccc21. The second-order valence-electron chi connectivity index (χ2n) is 5.66. The topological polar surface area (TPSA) is 49.4 Å². The van der Waals surface area contributed by atoms with Crippen LogP contribution in [0.25, 0.3) is 0 Å². The lowest BCUT2D eigenvalue weighted by molar-refractivity contribution is -0.125. The molecule has 3 rings (SSSR count). The Kier molecular flexibility index (Phi) is 4.42. The Morgan fingerprint density at radius 2 is 1.83 bits per heavy atom. The Morgan fingerprint density at radius 1 is 1.09 bits per heavy atom. The summed E-state index contributed by atoms with van der Waals surface area (Å²) in [7, 11) is 0. The molecule has 118 valence electrons. The monoisotopic (exact) mass is 308 g/mol. The second kappa shape index (κ2) is 6.65. The fourth-order valence-electron chi connectivity index (χ4n) is 2.98. The van der Waals surface area contributed by atoms with Gasteiger partial charge < -0.3 is 10.2 Å². The molecular weight excluding hydrogens is 288 g/mol. The number of nitrogens with zero attached hydrogens (tertiary/aromatic N) is 1. The minimum absolute atomic E-state index is 0.133. The van der Waals surface area contributed by atoms with E-state index in [0.717, 1.165) is 35.3 Å². The third-order valence-electron chi connectivity index (χ3n) is 4.17. The second-order valence-corrected chi connectivity index (χ2v) is 5.66. The van der Waals surface area contributed by atoms with Gasteiger partial charge in [-0.2, -0.15) is 0 Å². The van der Waals surface area contributed by atoms with Crippen molar-refractivity contribution in [2.45, 2.75) is 26.2 Å². The molecule has 0 aliphatic carbocycles. The van der Waals surface area contributed by atoms with Gasteiger partial charge in [-0.05, 0) is 36.1 Å². The molecule has 4 heteroatoms. The predicted molar refractivity (Wildman–Crippen MR) is 91.6 cm³/mol. The van der Waals surface area contributed by atoms with Crippen molar-refractivity contribution in [1.82, 2.24) is 0 Å². The van der Waals surface area contributed by atoms with Crippen molar-refractivity contribution in [2.75, 3.05) is 16.8 Å². The highest BCUT2D eigenvalue weighted by Crippen LogP contribution is 2.28. The first-order valence-corrected chi connectivity index (χ1v) is 7.95. The van der Waals surface area contributed by atoms with Crippen LogP contribution < -0.4 is 10.2 Å². The molecule has 4 nitrogen and oxygen atoms in total. The van der Waals surface area contributed by atoms with Crippen LogP contribution in [-0.2, 0) is 22.4 Å². The number of fused-ring (bicyclic) bond motifs is 1. The van der Waals surface area contributed by atoms with E-state index < -0.39 is 0 Å². The van der Waals surface area contributed by atoms with Gasteiger partial charge in [-0.3, -0.25) is 9.59 Å². The highest BCUT2D eigenvalue weighted by atomic mass is 16.2. The van der Waals surface area contributed by atoms with E-state index in [4.69, 9.17) is 0 Å². The maximum Gasteiger partial charge on any atom is 0.236 e. The number of hydrogen-bond acceptors (Lipinski definition) is 2. The van der Waals surface area contributed by atoms with Crippen molar-refractivity contribution >= 4 is 23.2 Å². The van der Waals surface area contributed by atoms with Gasteiger partial charge in [0, 0.05) is 17.9 Å². The van der Waals surface area contributed by atoms with Crippen LogP contribution in [0, 0.1) is 0 Å². The van der Waals surface area contributed by atoms with Crippen LogP contribution in [0.3, 0.4) is 0 Å². The fourth-order valence-corrected chi connectivity index (χ4v) is 2.98. The minimum Gasteiger partial charge on any atom is -0.325 e. The summed E-state index contributed by atoms with van der Waals surface area (Å²) < 4.78 is 0. The van der Waals surface area contributed by atoms with Crippen molar-refractivity contribution in [2.24, 2.45) is 0 Å². The Bertz CT molecular complexity index is 740. The first-order valence-electron chi connectivity index (χ1n) is 7.95. The van der Waals surface area contributed by atoms with Crippen LogP contribution in [0.5, 0.6) is 0 Å². The van der Waals surface area contributed by atoms with Crippen LogP contribution in [0.2, 0.25) is 0 Å². The Balaban J connectivity index is 1.66. The molecular formula is C19H20N2O2. The number of amides is 2. The molecule has 23 heavy (non-hydrogen) atoms. The number of carbonyl (C=O) groups excluding carboxylic acids is 2. The zero-order chi connectivity index (χ0) is 16.2. The first-order chi connectivity index (χ1) is 11.2. The molecule has 2 aromatic rings. The Hall–Kier alpha value is -2.62. The molecule has 0 aromatic heterocycles. The molecule has 0 radical (unpaired) electrons. The van der Waals surface area contributed by atoms with E-state index in [0.29, 0.717) is 6.54 Å². The molecule has 0 fully saturated rings. The van der Waals surface area contributed by atoms with Crippen molar-refractivity contribution < 1.29 is 9.59 Å². The fraction of sp³-hybridized carbons (Fsp3) is 0.263. The zero-order valence-corrected chi connectivity index (χ0v) is 13.2. The Labute approximate surface area is 136 Å². The molecule has 0 atom stereocenters. The van der Waals surface area contributed by atoms with Crippen molar-refractivity contribution in [3.8, 4) is 0 Å². The molecule has 0 bridgehead atoms. The maximum absolute atomic E-state index is 12.4. The molecule has 0 unspecified atom stereocenters. The lowest BCUT2D eigenvalue weighted by atomic mass is 10.1. The minimum atomic E-state index is -0.264. The first kappa shape index (κ1) is 15.3. The van der Waals surface area contributed by atoms with Gasteiger partial charge in [0.1, 0.15) is 6.42 Å². The average molecular weight is 308 g/mol. The number of hydrogen-bond donors (Lipinski definition) is 1. The third-order valence-corrected chi connectivity index (χ3v) is 4.17. The number of nitrogens with one attached hydrogen (secondary N) is 1. The quantitative estimate of drug-likeness (QED) is 0.882. The van der Waals surface area contributed by atoms with Crippen LogP contribution in [0.15, 0.2) is 48.5 Å². The summed E-state index contributed by atoms with van der Waals surface area (Å²) >= 11 is 0.